The Bertz CT molecular complexity index is 633. The number of carboxylic acids is 1. The van der Waals surface area contributed by atoms with Gasteiger partial charge in [0.15, 0.2) is 11.5 Å². The molecule has 0 radical (unpaired) electrons. The Kier molecular flexibility index (Phi) is 7.67. The van der Waals surface area contributed by atoms with Crippen molar-refractivity contribution in [2.75, 3.05) is 21.3 Å². The Hall–Kier alpha value is -2.81. The highest BCUT2D eigenvalue weighted by atomic mass is 16.5. The number of methoxy groups -OCH3 is 3. The topological polar surface area (TPSA) is 137 Å². The standard InChI is InChI=1S/C16H22N2O7/c1-23-12-5-4-9(7-13(12)24-2)6-11(16(22)25-3)18-15(21)10(17)8-14(19)20/h4-5,7,10-11H,6,8,17H2,1-3H3,(H,18,21)(H,19,20)/t10?,11-/m0/s1. The number of esters is 1. The number of carbonyl (C=O) groups is 3. The van der Waals surface area contributed by atoms with Crippen LogP contribution in [0.15, 0.2) is 18.2 Å². The third-order valence-electron chi connectivity index (χ3n) is 3.42. The summed E-state index contributed by atoms with van der Waals surface area (Å²) < 4.78 is 15.0. The van der Waals surface area contributed by atoms with E-state index >= 15 is 0 Å². The molecule has 4 N–H and O–H groups in total. The van der Waals surface area contributed by atoms with Gasteiger partial charge in [0.1, 0.15) is 6.04 Å². The van der Waals surface area contributed by atoms with E-state index in [2.05, 4.69) is 10.1 Å². The lowest BCUT2D eigenvalue weighted by atomic mass is 10.0. The number of hydrogen-bond acceptors (Lipinski definition) is 7. The molecule has 0 aromatic heterocycles. The largest absolute Gasteiger partial charge is 0.493 e. The summed E-state index contributed by atoms with van der Waals surface area (Å²) in [6, 6.07) is 2.75. The van der Waals surface area contributed by atoms with Crippen LogP contribution < -0.4 is 20.5 Å². The van der Waals surface area contributed by atoms with Gasteiger partial charge < -0.3 is 30.4 Å². The van der Waals surface area contributed by atoms with Crippen LogP contribution in [0.3, 0.4) is 0 Å². The first kappa shape index (κ1) is 20.2. The molecule has 1 aromatic carbocycles. The molecule has 1 rings (SSSR count). The van der Waals surface area contributed by atoms with Crippen molar-refractivity contribution < 1.29 is 33.7 Å². The molecule has 0 spiro atoms. The average Bonchev–Trinajstić information content (AvgIpc) is 2.59. The second-order valence-corrected chi connectivity index (χ2v) is 5.18. The maximum Gasteiger partial charge on any atom is 0.328 e. The zero-order valence-electron chi connectivity index (χ0n) is 14.3. The second kappa shape index (κ2) is 9.48. The number of benzene rings is 1. The number of nitrogens with two attached hydrogens (primary N) is 1. The van der Waals surface area contributed by atoms with E-state index in [1.807, 2.05) is 0 Å². The molecule has 2 atom stereocenters. The number of ether oxygens (including phenoxy) is 3. The molecule has 1 amide bonds. The van der Waals surface area contributed by atoms with Gasteiger partial charge in [0.25, 0.3) is 0 Å². The fraction of sp³-hybridized carbons (Fsp3) is 0.438. The van der Waals surface area contributed by atoms with Crippen LogP contribution in [0.1, 0.15) is 12.0 Å². The molecule has 0 saturated carbocycles. The van der Waals surface area contributed by atoms with Gasteiger partial charge in [0.2, 0.25) is 5.91 Å². The average molecular weight is 354 g/mol. The van der Waals surface area contributed by atoms with E-state index in [4.69, 9.17) is 20.3 Å². The Morgan fingerprint density at radius 1 is 1.16 bits per heavy atom. The molecule has 0 aliphatic heterocycles. The van der Waals surface area contributed by atoms with Crippen molar-refractivity contribution in [3.63, 3.8) is 0 Å². The van der Waals surface area contributed by atoms with Crippen molar-refractivity contribution in [2.24, 2.45) is 5.73 Å². The number of amides is 1. The molecule has 0 fully saturated rings. The highest BCUT2D eigenvalue weighted by Crippen LogP contribution is 2.28. The summed E-state index contributed by atoms with van der Waals surface area (Å²) in [5, 5.41) is 11.1. The number of aliphatic carboxylic acids is 1. The van der Waals surface area contributed by atoms with Gasteiger partial charge in [0.05, 0.1) is 33.8 Å². The number of carbonyl (C=O) groups excluding carboxylic acids is 2. The van der Waals surface area contributed by atoms with Crippen LogP contribution in [-0.2, 0) is 25.5 Å². The molecule has 138 valence electrons. The molecule has 0 saturated heterocycles. The van der Waals surface area contributed by atoms with Crippen molar-refractivity contribution in [3.8, 4) is 11.5 Å². The Labute approximate surface area is 145 Å². The van der Waals surface area contributed by atoms with Gasteiger partial charge in [-0.3, -0.25) is 9.59 Å². The van der Waals surface area contributed by atoms with E-state index in [9.17, 15) is 14.4 Å². The maximum absolute atomic E-state index is 12.0. The first-order chi connectivity index (χ1) is 11.8. The number of nitrogens with one attached hydrogen (secondary N) is 1. The van der Waals surface area contributed by atoms with E-state index in [-0.39, 0.29) is 6.42 Å². The van der Waals surface area contributed by atoms with Gasteiger partial charge in [-0.05, 0) is 17.7 Å². The van der Waals surface area contributed by atoms with E-state index in [0.29, 0.717) is 17.1 Å². The summed E-state index contributed by atoms with van der Waals surface area (Å²) in [6.45, 7) is 0. The maximum atomic E-state index is 12.0. The van der Waals surface area contributed by atoms with E-state index in [1.54, 1.807) is 18.2 Å². The van der Waals surface area contributed by atoms with Gasteiger partial charge >= 0.3 is 11.9 Å². The molecular formula is C16H22N2O7. The Balaban J connectivity index is 2.91. The smallest absolute Gasteiger partial charge is 0.328 e. The fourth-order valence-corrected chi connectivity index (χ4v) is 2.14. The Morgan fingerprint density at radius 3 is 2.32 bits per heavy atom. The predicted molar refractivity (Wildman–Crippen MR) is 87.4 cm³/mol. The van der Waals surface area contributed by atoms with E-state index in [1.165, 1.54) is 21.3 Å². The minimum absolute atomic E-state index is 0.110. The number of hydrogen-bond donors (Lipinski definition) is 3. The molecule has 9 nitrogen and oxygen atoms in total. The van der Waals surface area contributed by atoms with Crippen molar-refractivity contribution in [3.05, 3.63) is 23.8 Å². The third-order valence-corrected chi connectivity index (χ3v) is 3.42. The van der Waals surface area contributed by atoms with Crippen LogP contribution in [0.5, 0.6) is 11.5 Å². The molecule has 1 aromatic rings. The molecule has 0 aliphatic rings. The monoisotopic (exact) mass is 354 g/mol. The SMILES string of the molecule is COC(=O)[C@H](Cc1ccc(OC)c(OC)c1)NC(=O)C(N)CC(=O)O. The van der Waals surface area contributed by atoms with Crippen LogP contribution >= 0.6 is 0 Å². The zero-order chi connectivity index (χ0) is 19.0. The van der Waals surface area contributed by atoms with Gasteiger partial charge in [-0.15, -0.1) is 0 Å². The van der Waals surface area contributed by atoms with Crippen molar-refractivity contribution in [1.29, 1.82) is 0 Å². The minimum atomic E-state index is -1.27. The van der Waals surface area contributed by atoms with Crippen LogP contribution in [-0.4, -0.2) is 56.4 Å². The van der Waals surface area contributed by atoms with Crippen LogP contribution in [0.2, 0.25) is 0 Å². The summed E-state index contributed by atoms with van der Waals surface area (Å²) in [7, 11) is 4.16. The lowest BCUT2D eigenvalue weighted by molar-refractivity contribution is -0.145. The van der Waals surface area contributed by atoms with Gasteiger partial charge in [-0.2, -0.15) is 0 Å². The predicted octanol–water partition coefficient (Wildman–Crippen LogP) is -0.294. The normalized spacial score (nSPS) is 12.6. The number of rotatable bonds is 9. The van der Waals surface area contributed by atoms with E-state index < -0.39 is 36.4 Å². The lowest BCUT2D eigenvalue weighted by Crippen LogP contribution is -2.50. The number of carboxylic acid groups (broad SMARTS) is 1. The summed E-state index contributed by atoms with van der Waals surface area (Å²) in [5.74, 6) is -1.65. The third kappa shape index (κ3) is 5.96. The molecule has 25 heavy (non-hydrogen) atoms. The molecule has 0 heterocycles. The van der Waals surface area contributed by atoms with Gasteiger partial charge in [-0.1, -0.05) is 6.07 Å². The van der Waals surface area contributed by atoms with Gasteiger partial charge in [-0.25, -0.2) is 4.79 Å². The summed E-state index contributed by atoms with van der Waals surface area (Å²) in [4.78, 5) is 34.5. The molecular weight excluding hydrogens is 332 g/mol. The summed E-state index contributed by atoms with van der Waals surface area (Å²) in [6.07, 6.45) is -0.436. The van der Waals surface area contributed by atoms with Crippen molar-refractivity contribution in [1.82, 2.24) is 5.32 Å². The molecule has 0 bridgehead atoms. The summed E-state index contributed by atoms with van der Waals surface area (Å²) >= 11 is 0. The first-order valence-electron chi connectivity index (χ1n) is 7.38. The first-order valence-corrected chi connectivity index (χ1v) is 7.38. The van der Waals surface area contributed by atoms with Crippen LogP contribution in [0.25, 0.3) is 0 Å². The van der Waals surface area contributed by atoms with Crippen LogP contribution in [0, 0.1) is 0 Å². The van der Waals surface area contributed by atoms with E-state index in [0.717, 1.165) is 0 Å². The lowest BCUT2D eigenvalue weighted by Gasteiger charge is -2.19. The minimum Gasteiger partial charge on any atom is -0.493 e. The van der Waals surface area contributed by atoms with Crippen molar-refractivity contribution >= 4 is 17.8 Å². The molecule has 0 aliphatic carbocycles. The van der Waals surface area contributed by atoms with Gasteiger partial charge in [0, 0.05) is 6.42 Å². The second-order valence-electron chi connectivity index (χ2n) is 5.18. The molecule has 9 heteroatoms. The fourth-order valence-electron chi connectivity index (χ4n) is 2.14. The van der Waals surface area contributed by atoms with Crippen molar-refractivity contribution in [2.45, 2.75) is 24.9 Å². The molecule has 1 unspecified atom stereocenters. The quantitative estimate of drug-likeness (QED) is 0.514. The zero-order valence-corrected chi connectivity index (χ0v) is 14.3. The highest BCUT2D eigenvalue weighted by molar-refractivity contribution is 5.89. The highest BCUT2D eigenvalue weighted by Gasteiger charge is 2.26. The Morgan fingerprint density at radius 2 is 1.80 bits per heavy atom. The van der Waals surface area contributed by atoms with Crippen LogP contribution in [0.4, 0.5) is 0 Å². The summed E-state index contributed by atoms with van der Waals surface area (Å²) in [5.41, 5.74) is 6.18.